The number of carbonyl (C=O) groups excluding carboxylic acids is 1. The molecule has 0 spiro atoms. The van der Waals surface area contributed by atoms with Crippen molar-refractivity contribution in [1.82, 2.24) is 0 Å². The molecule has 0 aromatic heterocycles. The highest BCUT2D eigenvalue weighted by atomic mass is 16.5. The lowest BCUT2D eigenvalue weighted by molar-refractivity contribution is -0.119. The summed E-state index contributed by atoms with van der Waals surface area (Å²) in [6.07, 6.45) is 2.86. The predicted octanol–water partition coefficient (Wildman–Crippen LogP) is 2.84. The summed E-state index contributed by atoms with van der Waals surface area (Å²) >= 11 is 0. The van der Waals surface area contributed by atoms with Crippen molar-refractivity contribution < 1.29 is 14.6 Å². The van der Waals surface area contributed by atoms with Crippen LogP contribution in [0.3, 0.4) is 0 Å². The molecule has 0 radical (unpaired) electrons. The number of ether oxygens (including phenoxy) is 1. The van der Waals surface area contributed by atoms with E-state index in [0.717, 1.165) is 30.7 Å². The molecule has 104 valence electrons. The Kier molecular flexibility index (Phi) is 4.43. The third kappa shape index (κ3) is 3.70. The number of benzene rings is 1. The zero-order valence-electron chi connectivity index (χ0n) is 11.5. The molecule has 1 aliphatic rings. The Hall–Kier alpha value is -1.55. The molecule has 0 heterocycles. The van der Waals surface area contributed by atoms with Crippen LogP contribution in [0.5, 0.6) is 5.75 Å². The lowest BCUT2D eigenvalue weighted by Crippen LogP contribution is -2.33. The van der Waals surface area contributed by atoms with E-state index in [-0.39, 0.29) is 11.7 Å². The number of aryl methyl sites for hydroxylation is 1. The first-order valence-corrected chi connectivity index (χ1v) is 6.79. The quantitative estimate of drug-likeness (QED) is 0.803. The molecule has 0 unspecified atom stereocenters. The Morgan fingerprint density at radius 2 is 2.21 bits per heavy atom. The lowest BCUT2D eigenvalue weighted by Gasteiger charge is -2.34. The smallest absolute Gasteiger partial charge is 0.224 e. The largest absolute Gasteiger partial charge is 0.508 e. The Balaban J connectivity index is 1.77. The summed E-state index contributed by atoms with van der Waals surface area (Å²) < 4.78 is 5.48. The number of rotatable bonds is 5. The number of phenols is 1. The molecule has 0 aliphatic heterocycles. The van der Waals surface area contributed by atoms with E-state index < -0.39 is 0 Å². The minimum atomic E-state index is 0.0324. The normalized spacial score (nSPS) is 21.8. The van der Waals surface area contributed by atoms with Crippen molar-refractivity contribution in [2.24, 2.45) is 5.92 Å². The van der Waals surface area contributed by atoms with Gasteiger partial charge in [0.25, 0.3) is 0 Å². The molecule has 1 saturated carbocycles. The van der Waals surface area contributed by atoms with Crippen molar-refractivity contribution in [3.05, 3.63) is 23.8 Å². The van der Waals surface area contributed by atoms with E-state index in [1.54, 1.807) is 18.2 Å². The molecule has 4 nitrogen and oxygen atoms in total. The maximum atomic E-state index is 11.9. The highest BCUT2D eigenvalue weighted by Gasteiger charge is 2.30. The Labute approximate surface area is 113 Å². The molecule has 0 bridgehead atoms. The van der Waals surface area contributed by atoms with Crippen molar-refractivity contribution in [2.75, 3.05) is 11.9 Å². The molecule has 19 heavy (non-hydrogen) atoms. The first-order valence-electron chi connectivity index (χ1n) is 6.79. The number of hydrogen-bond donors (Lipinski definition) is 2. The Bertz CT molecular complexity index is 453. The van der Waals surface area contributed by atoms with Gasteiger partial charge in [-0.1, -0.05) is 0 Å². The van der Waals surface area contributed by atoms with Crippen LogP contribution in [0.25, 0.3) is 0 Å². The molecule has 0 saturated heterocycles. The summed E-state index contributed by atoms with van der Waals surface area (Å²) in [6.45, 7) is 4.55. The number of aromatic hydroxyl groups is 1. The number of carbonyl (C=O) groups is 1. The third-order valence-electron chi connectivity index (χ3n) is 3.55. The van der Waals surface area contributed by atoms with Gasteiger partial charge in [-0.25, -0.2) is 0 Å². The molecule has 0 atom stereocenters. The fourth-order valence-corrected chi connectivity index (χ4v) is 2.42. The van der Waals surface area contributed by atoms with E-state index in [1.807, 2.05) is 13.8 Å². The summed E-state index contributed by atoms with van der Waals surface area (Å²) in [7, 11) is 0. The van der Waals surface area contributed by atoms with Crippen LogP contribution in [0.2, 0.25) is 0 Å². The summed E-state index contributed by atoms with van der Waals surface area (Å²) in [6, 6.07) is 5.08. The molecular formula is C15H21NO3. The average Bonchev–Trinajstić information content (AvgIpc) is 2.31. The van der Waals surface area contributed by atoms with Gasteiger partial charge in [0.1, 0.15) is 5.75 Å². The maximum Gasteiger partial charge on any atom is 0.224 e. The van der Waals surface area contributed by atoms with Crippen LogP contribution in [0.15, 0.2) is 18.2 Å². The van der Waals surface area contributed by atoms with Gasteiger partial charge in [-0.15, -0.1) is 0 Å². The van der Waals surface area contributed by atoms with Crippen LogP contribution in [0.1, 0.15) is 31.7 Å². The zero-order valence-corrected chi connectivity index (χ0v) is 11.5. The molecule has 2 rings (SSSR count). The van der Waals surface area contributed by atoms with E-state index in [2.05, 4.69) is 5.32 Å². The van der Waals surface area contributed by atoms with Crippen LogP contribution in [0.4, 0.5) is 5.69 Å². The molecule has 1 aromatic carbocycles. The number of amides is 1. The van der Waals surface area contributed by atoms with Crippen molar-refractivity contribution in [3.63, 3.8) is 0 Å². The first kappa shape index (κ1) is 13.9. The zero-order chi connectivity index (χ0) is 13.8. The average molecular weight is 263 g/mol. The van der Waals surface area contributed by atoms with Crippen LogP contribution < -0.4 is 5.32 Å². The van der Waals surface area contributed by atoms with Gasteiger partial charge in [0.2, 0.25) is 5.91 Å². The van der Waals surface area contributed by atoms with Crippen molar-refractivity contribution >= 4 is 11.6 Å². The lowest BCUT2D eigenvalue weighted by atomic mass is 9.80. The van der Waals surface area contributed by atoms with Gasteiger partial charge >= 0.3 is 0 Å². The van der Waals surface area contributed by atoms with Gasteiger partial charge in [0, 0.05) is 18.7 Å². The second-order valence-electron chi connectivity index (χ2n) is 5.17. The van der Waals surface area contributed by atoms with Gasteiger partial charge in [0.15, 0.2) is 0 Å². The van der Waals surface area contributed by atoms with Crippen molar-refractivity contribution in [3.8, 4) is 5.75 Å². The minimum Gasteiger partial charge on any atom is -0.508 e. The first-order chi connectivity index (χ1) is 9.08. The predicted molar refractivity (Wildman–Crippen MR) is 74.2 cm³/mol. The van der Waals surface area contributed by atoms with Crippen LogP contribution in [-0.2, 0) is 9.53 Å². The van der Waals surface area contributed by atoms with Crippen molar-refractivity contribution in [1.29, 1.82) is 0 Å². The molecule has 1 amide bonds. The Morgan fingerprint density at radius 3 is 2.84 bits per heavy atom. The molecule has 1 aliphatic carbocycles. The molecule has 1 aromatic rings. The van der Waals surface area contributed by atoms with Gasteiger partial charge in [-0.2, -0.15) is 0 Å². The van der Waals surface area contributed by atoms with Crippen molar-refractivity contribution in [2.45, 2.75) is 39.2 Å². The highest BCUT2D eigenvalue weighted by molar-refractivity contribution is 5.91. The second-order valence-corrected chi connectivity index (χ2v) is 5.17. The molecular weight excluding hydrogens is 242 g/mol. The fraction of sp³-hybridized carbons (Fsp3) is 0.533. The fourth-order valence-electron chi connectivity index (χ4n) is 2.42. The van der Waals surface area contributed by atoms with E-state index in [9.17, 15) is 9.90 Å². The maximum absolute atomic E-state index is 11.9. The van der Waals surface area contributed by atoms with Crippen LogP contribution >= 0.6 is 0 Å². The summed E-state index contributed by atoms with van der Waals surface area (Å²) in [5, 5.41) is 12.3. The van der Waals surface area contributed by atoms with Crippen LogP contribution in [-0.4, -0.2) is 23.7 Å². The second kappa shape index (κ2) is 6.06. The number of phenolic OH excluding ortho intramolecular Hbond substituents is 1. The SMILES string of the molecule is CCOC1CC(CC(=O)Nc2ccc(O)c(C)c2)C1. The number of hydrogen-bond acceptors (Lipinski definition) is 3. The van der Waals surface area contributed by atoms with E-state index in [1.165, 1.54) is 0 Å². The van der Waals surface area contributed by atoms with Gasteiger partial charge in [-0.3, -0.25) is 4.79 Å². The monoisotopic (exact) mass is 263 g/mol. The summed E-state index contributed by atoms with van der Waals surface area (Å²) in [5.74, 6) is 0.719. The number of anilines is 1. The molecule has 2 N–H and O–H groups in total. The van der Waals surface area contributed by atoms with Gasteiger partial charge in [-0.05, 0) is 56.4 Å². The summed E-state index contributed by atoms with van der Waals surface area (Å²) in [4.78, 5) is 11.9. The Morgan fingerprint density at radius 1 is 1.47 bits per heavy atom. The molecule has 1 fully saturated rings. The van der Waals surface area contributed by atoms with E-state index in [0.29, 0.717) is 18.4 Å². The van der Waals surface area contributed by atoms with E-state index >= 15 is 0 Å². The van der Waals surface area contributed by atoms with Gasteiger partial charge < -0.3 is 15.2 Å². The standard InChI is InChI=1S/C15H21NO3/c1-3-19-13-7-11(8-13)9-15(18)16-12-4-5-14(17)10(2)6-12/h4-6,11,13,17H,3,7-9H2,1-2H3,(H,16,18). The summed E-state index contributed by atoms with van der Waals surface area (Å²) in [5.41, 5.74) is 1.50. The van der Waals surface area contributed by atoms with E-state index in [4.69, 9.17) is 4.74 Å². The topological polar surface area (TPSA) is 58.6 Å². The van der Waals surface area contributed by atoms with Gasteiger partial charge in [0.05, 0.1) is 6.10 Å². The van der Waals surface area contributed by atoms with Crippen LogP contribution in [0, 0.1) is 12.8 Å². The highest BCUT2D eigenvalue weighted by Crippen LogP contribution is 2.33. The third-order valence-corrected chi connectivity index (χ3v) is 3.55. The minimum absolute atomic E-state index is 0.0324. The molecule has 4 heteroatoms. The number of nitrogens with one attached hydrogen (secondary N) is 1.